The quantitative estimate of drug-likeness (QED) is 0.484. The number of rotatable bonds is 1. The monoisotopic (exact) mass is 134 g/mol. The predicted octanol–water partition coefficient (Wildman–Crippen LogP) is 2.67. The molecule has 0 bridgehead atoms. The van der Waals surface area contributed by atoms with Crippen LogP contribution in [0.1, 0.15) is 31.1 Å². The van der Waals surface area contributed by atoms with E-state index in [1.807, 2.05) is 13.3 Å². The molecule has 0 radical (unpaired) electrons. The van der Waals surface area contributed by atoms with Crippen molar-refractivity contribution in [3.05, 3.63) is 0 Å². The maximum atomic E-state index is 7.68. The molecular weight excluding hydrogens is 115 g/mol. The van der Waals surface area contributed by atoms with E-state index < -0.39 is 25.6 Å². The van der Waals surface area contributed by atoms with Gasteiger partial charge in [-0.1, -0.05) is 12.8 Å². The Bertz CT molecular complexity index is 149. The minimum Gasteiger partial charge on any atom is -0.110 e. The van der Waals surface area contributed by atoms with Gasteiger partial charge in [0.2, 0.25) is 0 Å². The third-order valence-corrected chi connectivity index (χ3v) is 2.86. The van der Waals surface area contributed by atoms with Gasteiger partial charge >= 0.3 is 0 Å². The van der Waals surface area contributed by atoms with E-state index in [1.54, 1.807) is 0 Å². The Hall–Kier alpha value is 0.430. The summed E-state index contributed by atoms with van der Waals surface area (Å²) in [7, 11) is -0.349. The molecule has 1 rings (SSSR count). The molecule has 0 nitrogen and oxygen atoms in total. The molecule has 8 heavy (non-hydrogen) atoms. The topological polar surface area (TPSA) is 0 Å². The Morgan fingerprint density at radius 2 is 1.88 bits per heavy atom. The molecule has 1 aliphatic carbocycles. The minimum atomic E-state index is -0.664. The van der Waals surface area contributed by atoms with E-state index in [-0.39, 0.29) is 13.6 Å². The molecule has 0 aliphatic heterocycles. The molecule has 0 aromatic heterocycles. The van der Waals surface area contributed by atoms with Gasteiger partial charge in [0.25, 0.3) is 0 Å². The molecule has 1 aliphatic rings. The molecule has 1 heteroatoms. The first-order chi connectivity index (χ1) is 5.46. The summed E-state index contributed by atoms with van der Waals surface area (Å²) in [5, 5.41) is 0. The third-order valence-electron chi connectivity index (χ3n) is 1.32. The fourth-order valence-corrected chi connectivity index (χ4v) is 1.65. The molecule has 0 N–H and O–H groups in total. The molecule has 1 fully saturated rings. The Labute approximate surface area is 59.0 Å². The van der Waals surface area contributed by atoms with E-state index >= 15 is 0 Å². The lowest BCUT2D eigenvalue weighted by Gasteiger charge is -2.12. The Balaban J connectivity index is 2.76. The summed E-state index contributed by atoms with van der Waals surface area (Å²) in [4.78, 5) is 0. The molecule has 4 unspecified atom stereocenters. The maximum Gasteiger partial charge on any atom is 0.0273 e. The van der Waals surface area contributed by atoms with Crippen LogP contribution in [0.15, 0.2) is 0 Å². The van der Waals surface area contributed by atoms with Crippen molar-refractivity contribution in [3.8, 4) is 0 Å². The average molecular weight is 134 g/mol. The Kier molecular flexibility index (Phi) is 1.06. The van der Waals surface area contributed by atoms with E-state index in [0.717, 1.165) is 0 Å². The van der Waals surface area contributed by atoms with Crippen LogP contribution < -0.4 is 0 Å². The average Bonchev–Trinajstić information content (AvgIpc) is 2.16. The lowest BCUT2D eigenvalue weighted by atomic mass is 10.4. The molecule has 0 spiro atoms. The number of hydrogen-bond donors (Lipinski definition) is 0. The van der Waals surface area contributed by atoms with Crippen LogP contribution >= 0.6 is 7.92 Å². The molecule has 0 heterocycles. The van der Waals surface area contributed by atoms with Crippen LogP contribution in [0.2, 0.25) is 0 Å². The second-order valence-corrected chi connectivity index (χ2v) is 4.75. The largest absolute Gasteiger partial charge is 0.110 e. The molecule has 48 valence electrons. The van der Waals surface area contributed by atoms with Crippen molar-refractivity contribution < 1.29 is 5.48 Å². The standard InChI is InChI=1S/C7H15P/c1-8(2)7-5-3-4-6-7/h7H,3-6H2,1-2H3/i3D,4D,5D,6D. The summed E-state index contributed by atoms with van der Waals surface area (Å²) < 4.78 is 30.4. The zero-order chi connectivity index (χ0) is 9.46. The molecule has 4 atom stereocenters. The first kappa shape index (κ1) is 3.01. The Morgan fingerprint density at radius 3 is 2.12 bits per heavy atom. The second-order valence-electron chi connectivity index (χ2n) is 2.22. The summed E-state index contributed by atoms with van der Waals surface area (Å²) in [6.45, 7) is 4.07. The zero-order valence-corrected chi connectivity index (χ0v) is 6.23. The highest BCUT2D eigenvalue weighted by atomic mass is 31.1. The molecule has 0 aromatic rings. The van der Waals surface area contributed by atoms with Crippen molar-refractivity contribution in [2.45, 2.75) is 31.2 Å². The van der Waals surface area contributed by atoms with Crippen LogP contribution in [0.4, 0.5) is 0 Å². The third kappa shape index (κ3) is 1.45. The van der Waals surface area contributed by atoms with Gasteiger partial charge < -0.3 is 0 Å². The minimum absolute atomic E-state index is 0.0231. The van der Waals surface area contributed by atoms with Crippen LogP contribution in [0.25, 0.3) is 0 Å². The van der Waals surface area contributed by atoms with Gasteiger partial charge in [-0.15, -0.1) is 7.92 Å². The molecule has 0 aromatic carbocycles. The normalized spacial score (nSPS) is 73.6. The summed E-state index contributed by atoms with van der Waals surface area (Å²) in [6, 6.07) is 0. The fraction of sp³-hybridized carbons (Fsp3) is 1.00. The van der Waals surface area contributed by atoms with E-state index in [0.29, 0.717) is 0 Å². The van der Waals surface area contributed by atoms with E-state index in [2.05, 4.69) is 0 Å². The summed E-state index contributed by atoms with van der Waals surface area (Å²) >= 11 is 0. The first-order valence-corrected chi connectivity index (χ1v) is 5.12. The van der Waals surface area contributed by atoms with Crippen LogP contribution in [-0.2, 0) is 0 Å². The van der Waals surface area contributed by atoms with Gasteiger partial charge in [-0.3, -0.25) is 0 Å². The number of hydrogen-bond acceptors (Lipinski definition) is 0. The molecule has 0 amide bonds. The van der Waals surface area contributed by atoms with Crippen molar-refractivity contribution in [1.29, 1.82) is 0 Å². The van der Waals surface area contributed by atoms with Gasteiger partial charge in [0.05, 0.1) is 0 Å². The smallest absolute Gasteiger partial charge is 0.0273 e. The Morgan fingerprint density at radius 1 is 1.38 bits per heavy atom. The first-order valence-electron chi connectivity index (χ1n) is 5.13. The lowest BCUT2D eigenvalue weighted by Crippen LogP contribution is -1.94. The van der Waals surface area contributed by atoms with Crippen LogP contribution in [0.5, 0.6) is 0 Å². The highest BCUT2D eigenvalue weighted by Crippen LogP contribution is 2.42. The fourth-order valence-electron chi connectivity index (χ4n) is 0.764. The van der Waals surface area contributed by atoms with Gasteiger partial charge in [-0.25, -0.2) is 0 Å². The molecule has 0 saturated heterocycles. The highest BCUT2D eigenvalue weighted by Gasteiger charge is 2.16. The van der Waals surface area contributed by atoms with E-state index in [9.17, 15) is 0 Å². The predicted molar refractivity (Wildman–Crippen MR) is 41.0 cm³/mol. The molecular formula is C7H15P. The van der Waals surface area contributed by atoms with Crippen molar-refractivity contribution in [2.24, 2.45) is 0 Å². The summed E-state index contributed by atoms with van der Waals surface area (Å²) in [5.41, 5.74) is -0.0231. The van der Waals surface area contributed by atoms with Crippen LogP contribution in [0.3, 0.4) is 0 Å². The van der Waals surface area contributed by atoms with E-state index in [1.165, 1.54) is 0 Å². The van der Waals surface area contributed by atoms with Gasteiger partial charge in [0, 0.05) is 5.48 Å². The SMILES string of the molecule is [2H]C1C([2H])C([2H])C(P(C)C)C1[2H]. The molecule has 1 saturated carbocycles. The van der Waals surface area contributed by atoms with Crippen molar-refractivity contribution in [3.63, 3.8) is 0 Å². The maximum absolute atomic E-state index is 7.68. The van der Waals surface area contributed by atoms with E-state index in [4.69, 9.17) is 5.48 Å². The van der Waals surface area contributed by atoms with Gasteiger partial charge in [0.1, 0.15) is 0 Å². The second kappa shape index (κ2) is 2.82. The van der Waals surface area contributed by atoms with Crippen molar-refractivity contribution in [1.82, 2.24) is 0 Å². The van der Waals surface area contributed by atoms with Crippen LogP contribution in [-0.4, -0.2) is 19.0 Å². The highest BCUT2D eigenvalue weighted by molar-refractivity contribution is 7.56. The van der Waals surface area contributed by atoms with Gasteiger partial charge in [-0.2, -0.15) is 0 Å². The summed E-state index contributed by atoms with van der Waals surface area (Å²) in [6.07, 6.45) is -2.34. The lowest BCUT2D eigenvalue weighted by molar-refractivity contribution is 0.886. The summed E-state index contributed by atoms with van der Waals surface area (Å²) in [5.74, 6) is 0. The zero-order valence-electron chi connectivity index (χ0n) is 9.33. The van der Waals surface area contributed by atoms with Gasteiger partial charge in [-0.05, 0) is 31.8 Å². The van der Waals surface area contributed by atoms with Crippen LogP contribution in [0, 0.1) is 0 Å². The van der Waals surface area contributed by atoms with Crippen molar-refractivity contribution in [2.75, 3.05) is 13.3 Å². The van der Waals surface area contributed by atoms with Crippen molar-refractivity contribution >= 4 is 7.92 Å². The van der Waals surface area contributed by atoms with Gasteiger partial charge in [0.15, 0.2) is 0 Å².